The van der Waals surface area contributed by atoms with E-state index < -0.39 is 0 Å². The molecule has 2 heterocycles. The average Bonchev–Trinajstić information content (AvgIpc) is 3.23. The number of para-hydroxylation sites is 2. The molecule has 0 atom stereocenters. The number of hydrogen-bond acceptors (Lipinski definition) is 5. The Kier molecular flexibility index (Phi) is 6.07. The third-order valence-corrected chi connectivity index (χ3v) is 7.39. The molecule has 1 aromatic heterocycles. The van der Waals surface area contributed by atoms with Gasteiger partial charge in [-0.05, 0) is 37.3 Å². The highest BCUT2D eigenvalue weighted by molar-refractivity contribution is 8.00. The van der Waals surface area contributed by atoms with Gasteiger partial charge < -0.3 is 0 Å². The fraction of sp³-hybridized carbons (Fsp3) is 0.115. The van der Waals surface area contributed by atoms with Crippen LogP contribution in [0.2, 0.25) is 0 Å². The molecule has 0 saturated carbocycles. The Labute approximate surface area is 201 Å². The first kappa shape index (κ1) is 21.6. The van der Waals surface area contributed by atoms with Crippen LogP contribution >= 0.6 is 23.5 Å². The van der Waals surface area contributed by atoms with Crippen LogP contribution in [0.4, 0.5) is 11.4 Å². The van der Waals surface area contributed by atoms with Crippen molar-refractivity contribution in [2.24, 2.45) is 0 Å². The minimum atomic E-state index is 0.00505. The summed E-state index contributed by atoms with van der Waals surface area (Å²) in [4.78, 5) is 17.5. The molecule has 0 radical (unpaired) electrons. The summed E-state index contributed by atoms with van der Waals surface area (Å²) in [6, 6.07) is 24.2. The molecule has 3 aromatic carbocycles. The molecule has 0 N–H and O–H groups in total. The zero-order valence-electron chi connectivity index (χ0n) is 18.1. The Morgan fingerprint density at radius 1 is 1.00 bits per heavy atom. The number of fused-ring (bicyclic) bond motifs is 2. The number of amides is 1. The summed E-state index contributed by atoms with van der Waals surface area (Å²) < 4.78 is 2.01. The normalized spacial score (nSPS) is 12.2. The lowest BCUT2D eigenvalue weighted by Crippen LogP contribution is -2.30. The molecule has 5 rings (SSSR count). The van der Waals surface area contributed by atoms with Gasteiger partial charge in [0.05, 0.1) is 17.1 Å². The maximum Gasteiger partial charge on any atom is 0.242 e. The van der Waals surface area contributed by atoms with Gasteiger partial charge >= 0.3 is 0 Å². The highest BCUT2D eigenvalue weighted by atomic mass is 32.2. The molecule has 4 aromatic rings. The molecule has 0 unspecified atom stereocenters. The van der Waals surface area contributed by atoms with E-state index in [0.29, 0.717) is 11.7 Å². The number of allylic oxidation sites excluding steroid dienone is 1. The summed E-state index contributed by atoms with van der Waals surface area (Å²) in [5, 5.41) is 9.53. The van der Waals surface area contributed by atoms with Crippen molar-refractivity contribution in [1.82, 2.24) is 14.8 Å². The molecule has 33 heavy (non-hydrogen) atoms. The van der Waals surface area contributed by atoms with E-state index >= 15 is 0 Å². The van der Waals surface area contributed by atoms with Crippen molar-refractivity contribution in [3.05, 3.63) is 91.0 Å². The second-order valence-electron chi connectivity index (χ2n) is 7.63. The van der Waals surface area contributed by atoms with E-state index in [9.17, 15) is 4.79 Å². The molecule has 1 aliphatic rings. The maximum absolute atomic E-state index is 13.5. The summed E-state index contributed by atoms with van der Waals surface area (Å²) in [7, 11) is 0. The molecule has 1 amide bonds. The minimum Gasteiger partial charge on any atom is -0.298 e. The minimum absolute atomic E-state index is 0.00505. The molecule has 0 saturated heterocycles. The van der Waals surface area contributed by atoms with Crippen molar-refractivity contribution in [1.29, 1.82) is 0 Å². The smallest absolute Gasteiger partial charge is 0.242 e. The van der Waals surface area contributed by atoms with Gasteiger partial charge in [0.2, 0.25) is 5.91 Å². The average molecular weight is 471 g/mol. The fourth-order valence-corrected chi connectivity index (χ4v) is 5.71. The number of nitrogens with zero attached hydrogens (tertiary/aromatic N) is 4. The SMILES string of the molecule is C=CCn1c(SCC(=O)N2c3ccccc3Sc3ccccc32)nnc1-c1cccc(C)c1. The second-order valence-corrected chi connectivity index (χ2v) is 9.66. The lowest BCUT2D eigenvalue weighted by Gasteiger charge is -2.30. The number of benzene rings is 3. The summed E-state index contributed by atoms with van der Waals surface area (Å²) in [6.07, 6.45) is 1.82. The Morgan fingerprint density at radius 3 is 2.36 bits per heavy atom. The molecule has 0 aliphatic carbocycles. The number of aryl methyl sites for hydroxylation is 1. The first-order valence-electron chi connectivity index (χ1n) is 10.6. The zero-order chi connectivity index (χ0) is 22.8. The fourth-order valence-electron chi connectivity index (χ4n) is 3.85. The van der Waals surface area contributed by atoms with Crippen LogP contribution in [-0.2, 0) is 11.3 Å². The van der Waals surface area contributed by atoms with Gasteiger partial charge in [0, 0.05) is 21.9 Å². The standard InChI is InChI=1S/C26H22N4OS2/c1-3-15-29-25(19-10-8-9-18(2)16-19)27-28-26(29)32-17-24(31)30-20-11-4-6-13-22(20)33-23-14-7-5-12-21(23)30/h3-14,16H,1,15,17H2,2H3. The molecule has 0 bridgehead atoms. The quantitative estimate of drug-likeness (QED) is 0.242. The van der Waals surface area contributed by atoms with Crippen LogP contribution in [0.5, 0.6) is 0 Å². The predicted octanol–water partition coefficient (Wildman–Crippen LogP) is 6.36. The number of carbonyl (C=O) groups is 1. The lowest BCUT2D eigenvalue weighted by atomic mass is 10.1. The van der Waals surface area contributed by atoms with Gasteiger partial charge in [-0.25, -0.2) is 0 Å². The molecular formula is C26H22N4OS2. The summed E-state index contributed by atoms with van der Waals surface area (Å²) in [5.41, 5.74) is 3.99. The monoisotopic (exact) mass is 470 g/mol. The van der Waals surface area contributed by atoms with E-state index in [1.165, 1.54) is 11.8 Å². The van der Waals surface area contributed by atoms with Gasteiger partial charge in [0.25, 0.3) is 0 Å². The van der Waals surface area contributed by atoms with E-state index in [1.807, 2.05) is 64.1 Å². The zero-order valence-corrected chi connectivity index (χ0v) is 19.8. The van der Waals surface area contributed by atoms with Crippen LogP contribution in [0.1, 0.15) is 5.56 Å². The number of aromatic nitrogens is 3. The van der Waals surface area contributed by atoms with Crippen LogP contribution in [0, 0.1) is 6.92 Å². The highest BCUT2D eigenvalue weighted by Gasteiger charge is 2.28. The van der Waals surface area contributed by atoms with Gasteiger partial charge in [0.1, 0.15) is 0 Å². The number of anilines is 2. The van der Waals surface area contributed by atoms with Crippen molar-refractivity contribution < 1.29 is 4.79 Å². The Balaban J connectivity index is 1.43. The third kappa shape index (κ3) is 4.21. The van der Waals surface area contributed by atoms with E-state index in [2.05, 4.69) is 48.0 Å². The van der Waals surface area contributed by atoms with Crippen molar-refractivity contribution in [2.75, 3.05) is 10.7 Å². The van der Waals surface area contributed by atoms with Gasteiger partial charge in [-0.3, -0.25) is 14.3 Å². The number of hydrogen-bond donors (Lipinski definition) is 0. The predicted molar refractivity (Wildman–Crippen MR) is 135 cm³/mol. The summed E-state index contributed by atoms with van der Waals surface area (Å²) in [5.74, 6) is 1.03. The van der Waals surface area contributed by atoms with E-state index in [-0.39, 0.29) is 11.7 Å². The molecule has 5 nitrogen and oxygen atoms in total. The van der Waals surface area contributed by atoms with Crippen LogP contribution in [-0.4, -0.2) is 26.4 Å². The third-order valence-electron chi connectivity index (χ3n) is 5.31. The second kappa shape index (κ2) is 9.29. The van der Waals surface area contributed by atoms with E-state index in [0.717, 1.165) is 38.1 Å². The van der Waals surface area contributed by atoms with E-state index in [1.54, 1.807) is 11.8 Å². The van der Waals surface area contributed by atoms with Gasteiger partial charge in [0.15, 0.2) is 11.0 Å². The maximum atomic E-state index is 13.5. The van der Waals surface area contributed by atoms with Crippen LogP contribution in [0.15, 0.2) is 100 Å². The van der Waals surface area contributed by atoms with Crippen LogP contribution < -0.4 is 4.90 Å². The van der Waals surface area contributed by atoms with Crippen LogP contribution in [0.25, 0.3) is 11.4 Å². The van der Waals surface area contributed by atoms with Crippen LogP contribution in [0.3, 0.4) is 0 Å². The first-order valence-corrected chi connectivity index (χ1v) is 12.4. The van der Waals surface area contributed by atoms with Crippen molar-refractivity contribution >= 4 is 40.8 Å². The topological polar surface area (TPSA) is 51.0 Å². The highest BCUT2D eigenvalue weighted by Crippen LogP contribution is 2.48. The molecule has 0 fully saturated rings. The van der Waals surface area contributed by atoms with Crippen molar-refractivity contribution in [3.8, 4) is 11.4 Å². The Hall–Kier alpha value is -3.29. The molecular weight excluding hydrogens is 448 g/mol. The van der Waals surface area contributed by atoms with Crippen molar-refractivity contribution in [3.63, 3.8) is 0 Å². The molecule has 1 aliphatic heterocycles. The number of thioether (sulfide) groups is 1. The van der Waals surface area contributed by atoms with E-state index in [4.69, 9.17) is 0 Å². The number of carbonyl (C=O) groups excluding carboxylic acids is 1. The Morgan fingerprint density at radius 2 is 1.70 bits per heavy atom. The summed E-state index contributed by atoms with van der Waals surface area (Å²) >= 11 is 3.09. The Bertz CT molecular complexity index is 1300. The van der Waals surface area contributed by atoms with Gasteiger partial charge in [-0.2, -0.15) is 0 Å². The molecule has 7 heteroatoms. The molecule has 164 valence electrons. The largest absolute Gasteiger partial charge is 0.298 e. The van der Waals surface area contributed by atoms with Gasteiger partial charge in [-0.15, -0.1) is 16.8 Å². The summed E-state index contributed by atoms with van der Waals surface area (Å²) in [6.45, 7) is 6.51. The molecule has 0 spiro atoms. The lowest BCUT2D eigenvalue weighted by molar-refractivity contribution is -0.115. The van der Waals surface area contributed by atoms with Crippen molar-refractivity contribution in [2.45, 2.75) is 28.4 Å². The van der Waals surface area contributed by atoms with Gasteiger partial charge in [-0.1, -0.05) is 77.6 Å². The number of rotatable bonds is 6. The first-order chi connectivity index (χ1) is 16.2.